The van der Waals surface area contributed by atoms with Crippen LogP contribution < -0.4 is 10.6 Å². The van der Waals surface area contributed by atoms with E-state index >= 15 is 0 Å². The van der Waals surface area contributed by atoms with Gasteiger partial charge in [-0.2, -0.15) is 0 Å². The van der Waals surface area contributed by atoms with Crippen LogP contribution in [0.3, 0.4) is 0 Å². The highest BCUT2D eigenvalue weighted by Gasteiger charge is 2.26. The number of aliphatic hydroxyl groups is 1. The third-order valence-electron chi connectivity index (χ3n) is 4.04. The number of nitrogens with zero attached hydrogens (tertiary/aromatic N) is 3. The zero-order valence-electron chi connectivity index (χ0n) is 12.8. The van der Waals surface area contributed by atoms with Gasteiger partial charge in [0, 0.05) is 25.1 Å². The molecule has 2 heterocycles. The number of nitrogen functional groups attached to an aromatic ring is 1. The minimum absolute atomic E-state index is 0.562. The van der Waals surface area contributed by atoms with Crippen LogP contribution in [0.1, 0.15) is 50.9 Å². The third-order valence-corrected chi connectivity index (χ3v) is 4.04. The molecule has 0 saturated carbocycles. The van der Waals surface area contributed by atoms with Crippen molar-refractivity contribution < 1.29 is 5.11 Å². The summed E-state index contributed by atoms with van der Waals surface area (Å²) in [6.45, 7) is 7.74. The van der Waals surface area contributed by atoms with Gasteiger partial charge in [-0.25, -0.2) is 9.97 Å². The lowest BCUT2D eigenvalue weighted by atomic mass is 9.98. The zero-order chi connectivity index (χ0) is 14.8. The van der Waals surface area contributed by atoms with E-state index in [1.165, 1.54) is 0 Å². The Labute approximate surface area is 121 Å². The van der Waals surface area contributed by atoms with Gasteiger partial charge in [0.1, 0.15) is 17.5 Å². The van der Waals surface area contributed by atoms with Gasteiger partial charge in [0.15, 0.2) is 0 Å². The molecule has 1 aromatic rings. The first kappa shape index (κ1) is 15.0. The average molecular weight is 278 g/mol. The SMILES string of the molecule is CCCc1nc(N)c(C)c(N2CCCC(C)(O)CC2)n1. The van der Waals surface area contributed by atoms with E-state index in [4.69, 9.17) is 5.73 Å². The first-order valence-corrected chi connectivity index (χ1v) is 7.53. The first-order valence-electron chi connectivity index (χ1n) is 7.53. The lowest BCUT2D eigenvalue weighted by Crippen LogP contribution is -2.30. The van der Waals surface area contributed by atoms with Crippen molar-refractivity contribution in [2.45, 2.75) is 58.5 Å². The fraction of sp³-hybridized carbons (Fsp3) is 0.733. The summed E-state index contributed by atoms with van der Waals surface area (Å²) in [5, 5.41) is 10.2. The van der Waals surface area contributed by atoms with Gasteiger partial charge in [0.2, 0.25) is 0 Å². The van der Waals surface area contributed by atoms with Crippen molar-refractivity contribution >= 4 is 11.6 Å². The highest BCUT2D eigenvalue weighted by molar-refractivity contribution is 5.56. The predicted molar refractivity (Wildman–Crippen MR) is 81.9 cm³/mol. The van der Waals surface area contributed by atoms with Crippen LogP contribution in [-0.4, -0.2) is 33.8 Å². The highest BCUT2D eigenvalue weighted by atomic mass is 16.3. The molecule has 20 heavy (non-hydrogen) atoms. The van der Waals surface area contributed by atoms with Crippen LogP contribution in [-0.2, 0) is 6.42 Å². The average Bonchev–Trinajstić information content (AvgIpc) is 2.55. The molecule has 1 aliphatic heterocycles. The Balaban J connectivity index is 2.27. The molecule has 1 saturated heterocycles. The standard InChI is InChI=1S/C15H26N4O/c1-4-6-12-17-13(16)11(2)14(18-12)19-9-5-7-15(3,20)8-10-19/h20H,4-10H2,1-3H3,(H2,16,17,18). The minimum Gasteiger partial charge on any atom is -0.390 e. The molecule has 2 rings (SSSR count). The van der Waals surface area contributed by atoms with Crippen molar-refractivity contribution in [1.82, 2.24) is 9.97 Å². The maximum atomic E-state index is 10.2. The Bertz CT molecular complexity index is 473. The molecule has 1 unspecified atom stereocenters. The smallest absolute Gasteiger partial charge is 0.137 e. The number of anilines is 2. The molecule has 0 amide bonds. The molecule has 0 radical (unpaired) electrons. The largest absolute Gasteiger partial charge is 0.390 e. The van der Waals surface area contributed by atoms with E-state index in [2.05, 4.69) is 21.8 Å². The molecule has 0 aliphatic carbocycles. The molecule has 1 aliphatic rings. The highest BCUT2D eigenvalue weighted by Crippen LogP contribution is 2.28. The van der Waals surface area contributed by atoms with E-state index < -0.39 is 5.60 Å². The van der Waals surface area contributed by atoms with Crippen molar-refractivity contribution in [2.75, 3.05) is 23.7 Å². The topological polar surface area (TPSA) is 75.3 Å². The third kappa shape index (κ3) is 3.39. The maximum absolute atomic E-state index is 10.2. The molecule has 0 bridgehead atoms. The molecule has 1 atom stereocenters. The van der Waals surface area contributed by atoms with Crippen LogP contribution in [0, 0.1) is 6.92 Å². The fourth-order valence-corrected chi connectivity index (χ4v) is 2.69. The second kappa shape index (κ2) is 5.95. The molecule has 1 fully saturated rings. The minimum atomic E-state index is -0.562. The van der Waals surface area contributed by atoms with E-state index in [-0.39, 0.29) is 0 Å². The number of hydrogen-bond donors (Lipinski definition) is 2. The van der Waals surface area contributed by atoms with Gasteiger partial charge in [-0.15, -0.1) is 0 Å². The molecular weight excluding hydrogens is 252 g/mol. The monoisotopic (exact) mass is 278 g/mol. The number of aryl methyl sites for hydroxylation is 1. The van der Waals surface area contributed by atoms with Crippen molar-refractivity contribution in [3.05, 3.63) is 11.4 Å². The van der Waals surface area contributed by atoms with Crippen molar-refractivity contribution in [1.29, 1.82) is 0 Å². The van der Waals surface area contributed by atoms with Crippen LogP contribution in [0.25, 0.3) is 0 Å². The number of rotatable bonds is 3. The van der Waals surface area contributed by atoms with E-state index in [9.17, 15) is 5.11 Å². The quantitative estimate of drug-likeness (QED) is 0.885. The van der Waals surface area contributed by atoms with Crippen LogP contribution >= 0.6 is 0 Å². The maximum Gasteiger partial charge on any atom is 0.137 e. The zero-order valence-corrected chi connectivity index (χ0v) is 12.8. The van der Waals surface area contributed by atoms with Crippen LogP contribution in [0.4, 0.5) is 11.6 Å². The van der Waals surface area contributed by atoms with E-state index in [0.717, 1.165) is 62.4 Å². The Hall–Kier alpha value is -1.36. The molecule has 3 N–H and O–H groups in total. The van der Waals surface area contributed by atoms with Crippen LogP contribution in [0.5, 0.6) is 0 Å². The summed E-state index contributed by atoms with van der Waals surface area (Å²) in [5.74, 6) is 2.34. The van der Waals surface area contributed by atoms with Gasteiger partial charge in [0.25, 0.3) is 0 Å². The summed E-state index contributed by atoms with van der Waals surface area (Å²) in [4.78, 5) is 11.3. The molecular formula is C15H26N4O. The van der Waals surface area contributed by atoms with Crippen molar-refractivity contribution in [3.8, 4) is 0 Å². The van der Waals surface area contributed by atoms with Crippen LogP contribution in [0.2, 0.25) is 0 Å². The van der Waals surface area contributed by atoms with Gasteiger partial charge >= 0.3 is 0 Å². The Morgan fingerprint density at radius 3 is 2.75 bits per heavy atom. The lowest BCUT2D eigenvalue weighted by Gasteiger charge is -2.25. The summed E-state index contributed by atoms with van der Waals surface area (Å²) in [7, 11) is 0. The van der Waals surface area contributed by atoms with Crippen molar-refractivity contribution in [2.24, 2.45) is 0 Å². The van der Waals surface area contributed by atoms with Gasteiger partial charge < -0.3 is 15.7 Å². The molecule has 1 aromatic heterocycles. The van der Waals surface area contributed by atoms with E-state index in [1.54, 1.807) is 0 Å². The van der Waals surface area contributed by atoms with Gasteiger partial charge in [-0.05, 0) is 39.5 Å². The predicted octanol–water partition coefficient (Wildman–Crippen LogP) is 2.06. The normalized spacial score (nSPS) is 23.7. The second-order valence-electron chi connectivity index (χ2n) is 6.06. The summed E-state index contributed by atoms with van der Waals surface area (Å²) in [6, 6.07) is 0. The summed E-state index contributed by atoms with van der Waals surface area (Å²) in [5.41, 5.74) is 6.41. The molecule has 112 valence electrons. The Morgan fingerprint density at radius 1 is 1.30 bits per heavy atom. The van der Waals surface area contributed by atoms with Gasteiger partial charge in [-0.3, -0.25) is 0 Å². The van der Waals surface area contributed by atoms with Crippen molar-refractivity contribution in [3.63, 3.8) is 0 Å². The van der Waals surface area contributed by atoms with Gasteiger partial charge in [-0.1, -0.05) is 6.92 Å². The first-order chi connectivity index (χ1) is 9.43. The summed E-state index contributed by atoms with van der Waals surface area (Å²) >= 11 is 0. The van der Waals surface area contributed by atoms with E-state index in [0.29, 0.717) is 5.82 Å². The number of nitrogens with two attached hydrogens (primary N) is 1. The Kier molecular flexibility index (Phi) is 4.48. The summed E-state index contributed by atoms with van der Waals surface area (Å²) < 4.78 is 0. The van der Waals surface area contributed by atoms with E-state index in [1.807, 2.05) is 13.8 Å². The number of aromatic nitrogens is 2. The second-order valence-corrected chi connectivity index (χ2v) is 6.06. The number of hydrogen-bond acceptors (Lipinski definition) is 5. The summed E-state index contributed by atoms with van der Waals surface area (Å²) in [6.07, 6.45) is 4.43. The van der Waals surface area contributed by atoms with Crippen LogP contribution in [0.15, 0.2) is 0 Å². The Morgan fingerprint density at radius 2 is 2.05 bits per heavy atom. The fourth-order valence-electron chi connectivity index (χ4n) is 2.69. The molecule has 5 nitrogen and oxygen atoms in total. The molecule has 0 spiro atoms. The van der Waals surface area contributed by atoms with Gasteiger partial charge in [0.05, 0.1) is 5.60 Å². The molecule has 0 aromatic carbocycles. The lowest BCUT2D eigenvalue weighted by molar-refractivity contribution is 0.0481. The molecule has 5 heteroatoms.